The van der Waals surface area contributed by atoms with Crippen LogP contribution in [0.1, 0.15) is 86.1 Å². The molecular weight excluding hydrogens is 430 g/mol. The van der Waals surface area contributed by atoms with E-state index in [4.69, 9.17) is 9.47 Å². The highest BCUT2D eigenvalue weighted by atomic mass is 16.6. The van der Waals surface area contributed by atoms with Crippen LogP contribution in [-0.2, 0) is 9.47 Å². The molecular formula is C27H37N3O4. The van der Waals surface area contributed by atoms with Gasteiger partial charge < -0.3 is 9.47 Å². The van der Waals surface area contributed by atoms with Crippen LogP contribution in [0, 0.1) is 11.8 Å². The molecule has 34 heavy (non-hydrogen) atoms. The molecule has 0 bridgehead atoms. The van der Waals surface area contributed by atoms with Gasteiger partial charge in [0.2, 0.25) is 5.95 Å². The zero-order valence-electron chi connectivity index (χ0n) is 21.4. The number of amides is 1. The second-order valence-electron chi connectivity index (χ2n) is 10.1. The molecule has 2 aromatic rings. The first-order valence-electron chi connectivity index (χ1n) is 11.8. The van der Waals surface area contributed by atoms with E-state index >= 15 is 0 Å². The summed E-state index contributed by atoms with van der Waals surface area (Å²) in [4.78, 5) is 29.6. The molecule has 184 valence electrons. The number of nitrogens with zero attached hydrogens (tertiary/aromatic N) is 2. The van der Waals surface area contributed by atoms with E-state index in [0.29, 0.717) is 5.69 Å². The number of benzene rings is 1. The molecule has 0 atom stereocenters. The summed E-state index contributed by atoms with van der Waals surface area (Å²) < 4.78 is 12.1. The van der Waals surface area contributed by atoms with Gasteiger partial charge in [-0.05, 0) is 60.1 Å². The van der Waals surface area contributed by atoms with E-state index in [0.717, 1.165) is 24.0 Å². The van der Waals surface area contributed by atoms with Crippen molar-refractivity contribution in [1.29, 1.82) is 0 Å². The molecule has 1 heterocycles. The molecule has 1 amide bonds. The number of imidazole rings is 1. The van der Waals surface area contributed by atoms with Crippen LogP contribution in [0.5, 0.6) is 0 Å². The van der Waals surface area contributed by atoms with Crippen molar-refractivity contribution < 1.29 is 19.1 Å². The molecule has 7 nitrogen and oxygen atoms in total. The largest absolute Gasteiger partial charge is 0.444 e. The number of aromatic nitrogens is 2. The van der Waals surface area contributed by atoms with E-state index < -0.39 is 23.4 Å². The molecule has 0 saturated heterocycles. The average Bonchev–Trinajstić information content (AvgIpc) is 3.12. The van der Waals surface area contributed by atoms with Gasteiger partial charge in [-0.1, -0.05) is 50.2 Å². The highest BCUT2D eigenvalue weighted by Crippen LogP contribution is 2.26. The Morgan fingerprint density at radius 1 is 0.971 bits per heavy atom. The van der Waals surface area contributed by atoms with Crippen LogP contribution in [-0.4, -0.2) is 32.9 Å². The summed E-state index contributed by atoms with van der Waals surface area (Å²) in [6.45, 7) is 12.8. The van der Waals surface area contributed by atoms with Gasteiger partial charge in [0.05, 0.1) is 11.9 Å². The number of hydrogen-bond acceptors (Lipinski definition) is 5. The molecule has 0 aliphatic rings. The predicted molar refractivity (Wildman–Crippen MR) is 135 cm³/mol. The van der Waals surface area contributed by atoms with Crippen LogP contribution in [0.3, 0.4) is 0 Å². The predicted octanol–water partition coefficient (Wildman–Crippen LogP) is 7.00. The van der Waals surface area contributed by atoms with Crippen molar-refractivity contribution in [3.8, 4) is 23.1 Å². The topological polar surface area (TPSA) is 82.5 Å². The van der Waals surface area contributed by atoms with Gasteiger partial charge in [0.1, 0.15) is 11.2 Å². The number of rotatable bonds is 6. The van der Waals surface area contributed by atoms with Crippen LogP contribution in [0.15, 0.2) is 30.5 Å². The lowest BCUT2D eigenvalue weighted by Gasteiger charge is -2.22. The quantitative estimate of drug-likeness (QED) is 0.365. The average molecular weight is 468 g/mol. The van der Waals surface area contributed by atoms with E-state index in [1.54, 1.807) is 41.5 Å². The fourth-order valence-corrected chi connectivity index (χ4v) is 3.06. The third-order valence-corrected chi connectivity index (χ3v) is 4.52. The maximum absolute atomic E-state index is 13.0. The first-order valence-corrected chi connectivity index (χ1v) is 11.8. The molecule has 0 spiro atoms. The summed E-state index contributed by atoms with van der Waals surface area (Å²) in [7, 11) is 0. The van der Waals surface area contributed by atoms with Crippen molar-refractivity contribution in [1.82, 2.24) is 9.55 Å². The van der Waals surface area contributed by atoms with Crippen molar-refractivity contribution >= 4 is 18.1 Å². The molecule has 7 heteroatoms. The number of unbranched alkanes of at least 4 members (excludes halogenated alkanes) is 4. The Bertz CT molecular complexity index is 1030. The molecule has 1 N–H and O–H groups in total. The Labute approximate surface area is 203 Å². The molecule has 2 rings (SSSR count). The van der Waals surface area contributed by atoms with Gasteiger partial charge in [0.25, 0.3) is 0 Å². The Balaban J connectivity index is 2.28. The third kappa shape index (κ3) is 8.93. The number of ether oxygens (including phenoxy) is 2. The SMILES string of the molecule is CCCCCCC#Cc1ccc(-c2cnc(NC(=O)OC(C)(C)C)n2C(=O)OC(C)(C)C)cc1. The zero-order valence-corrected chi connectivity index (χ0v) is 21.4. The van der Waals surface area contributed by atoms with Gasteiger partial charge in [-0.3, -0.25) is 5.32 Å². The molecule has 0 aliphatic carbocycles. The van der Waals surface area contributed by atoms with Crippen molar-refractivity contribution in [3.05, 3.63) is 36.0 Å². The van der Waals surface area contributed by atoms with E-state index in [2.05, 4.69) is 29.1 Å². The maximum atomic E-state index is 13.0. The van der Waals surface area contributed by atoms with Gasteiger partial charge in [0, 0.05) is 17.5 Å². The Morgan fingerprint density at radius 2 is 1.62 bits per heavy atom. The standard InChI is InChI=1S/C27H37N3O4/c1-8-9-10-11-12-13-14-20-15-17-21(18-16-20)22-19-28-23(29-24(31)33-26(2,3)4)30(22)25(32)34-27(5,6)7/h15-19H,8-12H2,1-7H3,(H,28,29,31). The van der Waals surface area contributed by atoms with Gasteiger partial charge in [-0.25, -0.2) is 19.1 Å². The van der Waals surface area contributed by atoms with Crippen molar-refractivity contribution in [2.45, 2.75) is 91.8 Å². The summed E-state index contributed by atoms with van der Waals surface area (Å²) in [5.74, 6) is 6.42. The first-order chi connectivity index (χ1) is 15.9. The Kier molecular flexibility index (Phi) is 9.31. The number of carbonyl (C=O) groups excluding carboxylic acids is 2. The van der Waals surface area contributed by atoms with E-state index in [1.165, 1.54) is 30.0 Å². The molecule has 0 fully saturated rings. The summed E-state index contributed by atoms with van der Waals surface area (Å²) >= 11 is 0. The van der Waals surface area contributed by atoms with Crippen molar-refractivity contribution in [2.24, 2.45) is 0 Å². The minimum atomic E-state index is -0.724. The van der Waals surface area contributed by atoms with E-state index in [1.807, 2.05) is 24.3 Å². The fraction of sp³-hybridized carbons (Fsp3) is 0.519. The normalized spacial score (nSPS) is 11.4. The summed E-state index contributed by atoms with van der Waals surface area (Å²) in [6, 6.07) is 7.55. The van der Waals surface area contributed by atoms with Gasteiger partial charge in [-0.15, -0.1) is 0 Å². The minimum absolute atomic E-state index is 0.0226. The van der Waals surface area contributed by atoms with Crippen LogP contribution in [0.25, 0.3) is 11.3 Å². The maximum Gasteiger partial charge on any atom is 0.421 e. The molecule has 1 aromatic carbocycles. The molecule has 0 aliphatic heterocycles. The van der Waals surface area contributed by atoms with Crippen molar-refractivity contribution in [3.63, 3.8) is 0 Å². The van der Waals surface area contributed by atoms with Gasteiger partial charge >= 0.3 is 12.2 Å². The molecule has 0 radical (unpaired) electrons. The lowest BCUT2D eigenvalue weighted by atomic mass is 10.1. The lowest BCUT2D eigenvalue weighted by Crippen LogP contribution is -2.31. The second kappa shape index (κ2) is 11.7. The summed E-state index contributed by atoms with van der Waals surface area (Å²) in [6.07, 6.45) is 5.81. The first kappa shape index (κ1) is 27.0. The molecule has 0 unspecified atom stereocenters. The van der Waals surface area contributed by atoms with Crippen LogP contribution in [0.2, 0.25) is 0 Å². The highest BCUT2D eigenvalue weighted by Gasteiger charge is 2.26. The number of nitrogens with one attached hydrogen (secondary N) is 1. The minimum Gasteiger partial charge on any atom is -0.444 e. The summed E-state index contributed by atoms with van der Waals surface area (Å²) in [5, 5.41) is 2.55. The lowest BCUT2D eigenvalue weighted by molar-refractivity contribution is 0.0542. The number of anilines is 1. The molecule has 0 saturated carbocycles. The number of hydrogen-bond donors (Lipinski definition) is 1. The van der Waals surface area contributed by atoms with Crippen LogP contribution < -0.4 is 5.32 Å². The highest BCUT2D eigenvalue weighted by molar-refractivity contribution is 5.89. The van der Waals surface area contributed by atoms with E-state index in [9.17, 15) is 9.59 Å². The Morgan fingerprint density at radius 3 is 2.21 bits per heavy atom. The van der Waals surface area contributed by atoms with E-state index in [-0.39, 0.29) is 5.95 Å². The van der Waals surface area contributed by atoms with Crippen molar-refractivity contribution in [2.75, 3.05) is 5.32 Å². The van der Waals surface area contributed by atoms with Crippen LogP contribution in [0.4, 0.5) is 15.5 Å². The van der Waals surface area contributed by atoms with Crippen LogP contribution >= 0.6 is 0 Å². The smallest absolute Gasteiger partial charge is 0.421 e. The third-order valence-electron chi connectivity index (χ3n) is 4.52. The van der Waals surface area contributed by atoms with Gasteiger partial charge in [0.15, 0.2) is 0 Å². The summed E-state index contributed by atoms with van der Waals surface area (Å²) in [5.41, 5.74) is 0.708. The zero-order chi connectivity index (χ0) is 25.4. The fourth-order valence-electron chi connectivity index (χ4n) is 3.06. The number of carbonyl (C=O) groups is 2. The second-order valence-corrected chi connectivity index (χ2v) is 10.1. The monoisotopic (exact) mass is 467 g/mol. The Hall–Kier alpha value is -3.27. The van der Waals surface area contributed by atoms with Gasteiger partial charge in [-0.2, -0.15) is 0 Å². The molecule has 1 aromatic heterocycles.